The van der Waals surface area contributed by atoms with E-state index in [2.05, 4.69) is 26.3 Å². The van der Waals surface area contributed by atoms with Crippen LogP contribution >= 0.6 is 0 Å². The number of carbonyl (C=O) groups is 1. The third-order valence-electron chi connectivity index (χ3n) is 5.54. The number of hydrogen-bond donors (Lipinski definition) is 1. The van der Waals surface area contributed by atoms with Gasteiger partial charge in [0.05, 0.1) is 22.5 Å². The Kier molecular flexibility index (Phi) is 5.53. The van der Waals surface area contributed by atoms with Crippen molar-refractivity contribution in [1.82, 2.24) is 20.2 Å². The van der Waals surface area contributed by atoms with Crippen LogP contribution in [0.4, 0.5) is 4.39 Å². The molecule has 3 aromatic rings. The average molecular weight is 392 g/mol. The van der Waals surface area contributed by atoms with Gasteiger partial charge in [-0.15, -0.1) is 0 Å². The molecule has 1 aromatic heterocycles. The zero-order chi connectivity index (χ0) is 20.4. The number of amides is 1. The van der Waals surface area contributed by atoms with Crippen LogP contribution in [0.25, 0.3) is 11.0 Å². The number of hydrogen-bond acceptors (Lipinski definition) is 4. The second-order valence-corrected chi connectivity index (χ2v) is 7.65. The molecule has 6 heteroatoms. The lowest BCUT2D eigenvalue weighted by Crippen LogP contribution is -2.25. The Hall–Kier alpha value is -2.86. The first-order chi connectivity index (χ1) is 14.0. The summed E-state index contributed by atoms with van der Waals surface area (Å²) in [6, 6.07) is 10.7. The van der Waals surface area contributed by atoms with Crippen molar-refractivity contribution >= 4 is 16.9 Å². The first-order valence-electron chi connectivity index (χ1n) is 10.0. The Morgan fingerprint density at radius 3 is 2.52 bits per heavy atom. The highest BCUT2D eigenvalue weighted by atomic mass is 19.1. The summed E-state index contributed by atoms with van der Waals surface area (Å²) in [5.74, 6) is -0.835. The van der Waals surface area contributed by atoms with Crippen molar-refractivity contribution < 1.29 is 9.18 Å². The molecule has 1 N–H and O–H groups in total. The van der Waals surface area contributed by atoms with Crippen LogP contribution in [-0.4, -0.2) is 33.9 Å². The molecule has 0 radical (unpaired) electrons. The molecule has 0 bridgehead atoms. The summed E-state index contributed by atoms with van der Waals surface area (Å²) in [6.07, 6.45) is 2.48. The van der Waals surface area contributed by atoms with Gasteiger partial charge in [-0.1, -0.05) is 24.3 Å². The quantitative estimate of drug-likeness (QED) is 0.715. The lowest BCUT2D eigenvalue weighted by Gasteiger charge is -2.18. The van der Waals surface area contributed by atoms with E-state index in [1.165, 1.54) is 30.5 Å². The molecule has 150 valence electrons. The molecule has 0 unspecified atom stereocenters. The predicted molar refractivity (Wildman–Crippen MR) is 111 cm³/mol. The number of halogens is 1. The normalized spacial score (nSPS) is 14.4. The first-order valence-corrected chi connectivity index (χ1v) is 10.0. The fourth-order valence-corrected chi connectivity index (χ4v) is 3.81. The van der Waals surface area contributed by atoms with Crippen LogP contribution < -0.4 is 5.32 Å². The van der Waals surface area contributed by atoms with Crippen LogP contribution in [0.5, 0.6) is 0 Å². The van der Waals surface area contributed by atoms with Crippen molar-refractivity contribution in [3.05, 3.63) is 70.3 Å². The van der Waals surface area contributed by atoms with Crippen LogP contribution in [0.1, 0.15) is 45.7 Å². The van der Waals surface area contributed by atoms with Gasteiger partial charge in [0.15, 0.2) is 0 Å². The highest BCUT2D eigenvalue weighted by molar-refractivity contribution is 6.04. The van der Waals surface area contributed by atoms with Gasteiger partial charge in [0.25, 0.3) is 5.91 Å². The van der Waals surface area contributed by atoms with Gasteiger partial charge in [0, 0.05) is 19.2 Å². The molecule has 1 amide bonds. The van der Waals surface area contributed by atoms with Crippen molar-refractivity contribution in [3.8, 4) is 0 Å². The van der Waals surface area contributed by atoms with Gasteiger partial charge >= 0.3 is 0 Å². The van der Waals surface area contributed by atoms with E-state index in [1.807, 2.05) is 32.0 Å². The Bertz CT molecular complexity index is 1060. The predicted octanol–water partition coefficient (Wildman–Crippen LogP) is 3.91. The highest BCUT2D eigenvalue weighted by Crippen LogP contribution is 2.20. The van der Waals surface area contributed by atoms with Crippen molar-refractivity contribution in [3.63, 3.8) is 0 Å². The number of rotatable bonds is 5. The van der Waals surface area contributed by atoms with E-state index in [9.17, 15) is 9.18 Å². The minimum absolute atomic E-state index is 0.215. The SMILES string of the molecule is Cc1nc2cc(F)cc(C(=O)NCc3ccccc3CN3CCCC3)c2nc1C. The van der Waals surface area contributed by atoms with Gasteiger partial charge in [-0.2, -0.15) is 0 Å². The molecule has 0 spiro atoms. The van der Waals surface area contributed by atoms with Gasteiger partial charge < -0.3 is 5.32 Å². The molecule has 1 aliphatic heterocycles. The summed E-state index contributed by atoms with van der Waals surface area (Å²) in [4.78, 5) is 24.2. The standard InChI is InChI=1S/C23H25FN4O/c1-15-16(2)27-22-20(11-19(24)12-21(22)26-15)23(29)25-13-17-7-3-4-8-18(17)14-28-9-5-6-10-28/h3-4,7-8,11-12H,5-6,9-10,13-14H2,1-2H3,(H,25,29). The molecule has 0 aliphatic carbocycles. The molecule has 29 heavy (non-hydrogen) atoms. The lowest BCUT2D eigenvalue weighted by molar-refractivity contribution is 0.0952. The highest BCUT2D eigenvalue weighted by Gasteiger charge is 2.17. The van der Waals surface area contributed by atoms with E-state index in [1.54, 1.807) is 0 Å². The van der Waals surface area contributed by atoms with E-state index in [4.69, 9.17) is 0 Å². The monoisotopic (exact) mass is 392 g/mol. The lowest BCUT2D eigenvalue weighted by atomic mass is 10.1. The third kappa shape index (κ3) is 4.27. The van der Waals surface area contributed by atoms with E-state index >= 15 is 0 Å². The van der Waals surface area contributed by atoms with E-state index in [-0.39, 0.29) is 11.5 Å². The molecule has 2 heterocycles. The average Bonchev–Trinajstić information content (AvgIpc) is 3.21. The van der Waals surface area contributed by atoms with Gasteiger partial charge in [-0.3, -0.25) is 9.69 Å². The molecular weight excluding hydrogens is 367 g/mol. The van der Waals surface area contributed by atoms with Gasteiger partial charge in [0.2, 0.25) is 0 Å². The first kappa shape index (κ1) is 19.5. The number of likely N-dealkylation sites (tertiary alicyclic amines) is 1. The maximum Gasteiger partial charge on any atom is 0.253 e. The summed E-state index contributed by atoms with van der Waals surface area (Å²) in [6.45, 7) is 7.17. The summed E-state index contributed by atoms with van der Waals surface area (Å²) in [7, 11) is 0. The van der Waals surface area contributed by atoms with Crippen LogP contribution in [0.3, 0.4) is 0 Å². The third-order valence-corrected chi connectivity index (χ3v) is 5.54. The maximum atomic E-state index is 14.1. The van der Waals surface area contributed by atoms with E-state index in [0.29, 0.717) is 17.6 Å². The molecule has 4 rings (SSSR count). The number of nitrogens with one attached hydrogen (secondary N) is 1. The largest absolute Gasteiger partial charge is 0.348 e. The minimum Gasteiger partial charge on any atom is -0.348 e. The second kappa shape index (κ2) is 8.25. The fraction of sp³-hybridized carbons (Fsp3) is 0.348. The van der Waals surface area contributed by atoms with Crippen LogP contribution in [-0.2, 0) is 13.1 Å². The number of carbonyl (C=O) groups excluding carboxylic acids is 1. The molecular formula is C23H25FN4O. The van der Waals surface area contributed by atoms with E-state index < -0.39 is 5.82 Å². The van der Waals surface area contributed by atoms with E-state index in [0.717, 1.165) is 36.6 Å². The van der Waals surface area contributed by atoms with Crippen molar-refractivity contribution in [2.45, 2.75) is 39.8 Å². The smallest absolute Gasteiger partial charge is 0.253 e. The van der Waals surface area contributed by atoms with Gasteiger partial charge in [0.1, 0.15) is 11.3 Å². The van der Waals surface area contributed by atoms with Gasteiger partial charge in [-0.25, -0.2) is 14.4 Å². The summed E-state index contributed by atoms with van der Waals surface area (Å²) in [5.41, 5.74) is 4.79. The Morgan fingerprint density at radius 2 is 1.76 bits per heavy atom. The summed E-state index contributed by atoms with van der Waals surface area (Å²) in [5, 5.41) is 2.94. The molecule has 1 saturated heterocycles. The Labute approximate surface area is 170 Å². The summed E-state index contributed by atoms with van der Waals surface area (Å²) < 4.78 is 14.1. The molecule has 1 aliphatic rings. The Balaban J connectivity index is 1.56. The fourth-order valence-electron chi connectivity index (χ4n) is 3.81. The summed E-state index contributed by atoms with van der Waals surface area (Å²) >= 11 is 0. The number of benzene rings is 2. The molecule has 2 aromatic carbocycles. The maximum absolute atomic E-state index is 14.1. The molecule has 0 atom stereocenters. The number of nitrogens with zero attached hydrogens (tertiary/aromatic N) is 3. The number of aromatic nitrogens is 2. The van der Waals surface area contributed by atoms with Crippen LogP contribution in [0, 0.1) is 19.7 Å². The number of fused-ring (bicyclic) bond motifs is 1. The molecule has 5 nitrogen and oxygen atoms in total. The molecule has 0 saturated carbocycles. The topological polar surface area (TPSA) is 58.1 Å². The van der Waals surface area contributed by atoms with Crippen molar-refractivity contribution in [1.29, 1.82) is 0 Å². The van der Waals surface area contributed by atoms with Crippen LogP contribution in [0.2, 0.25) is 0 Å². The zero-order valence-electron chi connectivity index (χ0n) is 16.8. The zero-order valence-corrected chi connectivity index (χ0v) is 16.8. The van der Waals surface area contributed by atoms with Gasteiger partial charge in [-0.05, 0) is 57.0 Å². The van der Waals surface area contributed by atoms with Crippen molar-refractivity contribution in [2.75, 3.05) is 13.1 Å². The number of aryl methyl sites for hydroxylation is 2. The van der Waals surface area contributed by atoms with Crippen LogP contribution in [0.15, 0.2) is 36.4 Å². The Morgan fingerprint density at radius 1 is 1.07 bits per heavy atom. The second-order valence-electron chi connectivity index (χ2n) is 7.65. The molecule has 1 fully saturated rings. The van der Waals surface area contributed by atoms with Crippen molar-refractivity contribution in [2.24, 2.45) is 0 Å². The minimum atomic E-state index is -0.491.